The summed E-state index contributed by atoms with van der Waals surface area (Å²) in [6.45, 7) is 6.38. The van der Waals surface area contributed by atoms with Crippen molar-refractivity contribution in [3.63, 3.8) is 0 Å². The summed E-state index contributed by atoms with van der Waals surface area (Å²) in [6, 6.07) is 8.77. The first-order valence-electron chi connectivity index (χ1n) is 7.77. The van der Waals surface area contributed by atoms with E-state index >= 15 is 0 Å². The van der Waals surface area contributed by atoms with Crippen molar-refractivity contribution in [1.82, 2.24) is 15.1 Å². The molecule has 0 spiro atoms. The second-order valence-electron chi connectivity index (χ2n) is 5.77. The van der Waals surface area contributed by atoms with Crippen LogP contribution in [0.1, 0.15) is 23.2 Å². The van der Waals surface area contributed by atoms with E-state index in [2.05, 4.69) is 46.5 Å². The first-order chi connectivity index (χ1) is 10.3. The number of fused-ring (bicyclic) bond motifs is 1. The summed E-state index contributed by atoms with van der Waals surface area (Å²) >= 11 is 0. The highest BCUT2D eigenvalue weighted by Gasteiger charge is 2.17. The Hall–Kier alpha value is -1.81. The van der Waals surface area contributed by atoms with Gasteiger partial charge < -0.3 is 10.2 Å². The van der Waals surface area contributed by atoms with Gasteiger partial charge in [0.05, 0.1) is 6.20 Å². The number of hydrogen-bond donors (Lipinski definition) is 1. The maximum atomic E-state index is 4.27. The largest absolute Gasteiger partial charge is 0.371 e. The lowest BCUT2D eigenvalue weighted by molar-refractivity contribution is 0.635. The van der Waals surface area contributed by atoms with E-state index in [0.717, 1.165) is 19.6 Å². The average molecular weight is 284 g/mol. The van der Waals surface area contributed by atoms with Crippen molar-refractivity contribution in [3.05, 3.63) is 47.3 Å². The van der Waals surface area contributed by atoms with E-state index in [4.69, 9.17) is 0 Å². The van der Waals surface area contributed by atoms with Gasteiger partial charge in [-0.3, -0.25) is 4.68 Å². The predicted octanol–water partition coefficient (Wildman–Crippen LogP) is 2.27. The van der Waals surface area contributed by atoms with E-state index in [9.17, 15) is 0 Å². The molecule has 0 aliphatic carbocycles. The van der Waals surface area contributed by atoms with E-state index in [1.54, 1.807) is 0 Å². The second kappa shape index (κ2) is 6.31. The Morgan fingerprint density at radius 1 is 1.29 bits per heavy atom. The fourth-order valence-electron chi connectivity index (χ4n) is 2.97. The van der Waals surface area contributed by atoms with Crippen LogP contribution < -0.4 is 10.2 Å². The molecular formula is C17H24N4. The second-order valence-corrected chi connectivity index (χ2v) is 5.77. The fraction of sp³-hybridized carbons (Fsp3) is 0.471. The van der Waals surface area contributed by atoms with Crippen molar-refractivity contribution in [3.8, 4) is 0 Å². The van der Waals surface area contributed by atoms with Gasteiger partial charge in [-0.1, -0.05) is 18.2 Å². The minimum absolute atomic E-state index is 0.913. The summed E-state index contributed by atoms with van der Waals surface area (Å²) < 4.78 is 1.93. The third-order valence-corrected chi connectivity index (χ3v) is 4.42. The van der Waals surface area contributed by atoms with Gasteiger partial charge in [0.25, 0.3) is 0 Å². The number of rotatable bonds is 6. The Balaban J connectivity index is 1.41. The smallest absolute Gasteiger partial charge is 0.0537 e. The van der Waals surface area contributed by atoms with Gasteiger partial charge in [0.15, 0.2) is 0 Å². The van der Waals surface area contributed by atoms with E-state index in [1.807, 2.05) is 17.9 Å². The van der Waals surface area contributed by atoms with Crippen LogP contribution in [0.25, 0.3) is 0 Å². The standard InChI is InChI=1S/C17H24N4/c1-14-16(13-19-20(14)2)12-18-9-5-10-21-11-8-15-6-3-4-7-17(15)21/h3-4,6-7,13,18H,5,8-12H2,1-2H3. The van der Waals surface area contributed by atoms with Crippen molar-refractivity contribution in [2.24, 2.45) is 7.05 Å². The molecule has 1 aromatic carbocycles. The third kappa shape index (κ3) is 3.10. The summed E-state index contributed by atoms with van der Waals surface area (Å²) in [5, 5.41) is 7.80. The van der Waals surface area contributed by atoms with Gasteiger partial charge >= 0.3 is 0 Å². The zero-order chi connectivity index (χ0) is 14.7. The zero-order valence-electron chi connectivity index (χ0n) is 13.0. The van der Waals surface area contributed by atoms with Crippen LogP contribution in [0.2, 0.25) is 0 Å². The molecule has 1 aliphatic heterocycles. The number of benzene rings is 1. The average Bonchev–Trinajstić information content (AvgIpc) is 3.05. The lowest BCUT2D eigenvalue weighted by Crippen LogP contribution is -2.25. The SMILES string of the molecule is Cc1c(CNCCCN2CCc3ccccc32)cnn1C. The molecule has 0 bridgehead atoms. The topological polar surface area (TPSA) is 33.1 Å². The highest BCUT2D eigenvalue weighted by Crippen LogP contribution is 2.27. The molecule has 0 amide bonds. The van der Waals surface area contributed by atoms with Gasteiger partial charge in [0.1, 0.15) is 0 Å². The number of nitrogens with zero attached hydrogens (tertiary/aromatic N) is 3. The van der Waals surface area contributed by atoms with Crippen molar-refractivity contribution in [2.45, 2.75) is 26.3 Å². The summed E-state index contributed by atoms with van der Waals surface area (Å²) in [7, 11) is 1.99. The molecular weight excluding hydrogens is 260 g/mol. The van der Waals surface area contributed by atoms with E-state index in [-0.39, 0.29) is 0 Å². The Morgan fingerprint density at radius 2 is 2.14 bits per heavy atom. The summed E-state index contributed by atoms with van der Waals surface area (Å²) in [5.41, 5.74) is 5.47. The molecule has 1 aliphatic rings. The maximum absolute atomic E-state index is 4.27. The Morgan fingerprint density at radius 3 is 2.95 bits per heavy atom. The van der Waals surface area contributed by atoms with Gasteiger partial charge in [-0.2, -0.15) is 5.10 Å². The van der Waals surface area contributed by atoms with Gasteiger partial charge in [-0.05, 0) is 37.9 Å². The molecule has 0 saturated carbocycles. The summed E-state index contributed by atoms with van der Waals surface area (Å²) in [5.74, 6) is 0. The van der Waals surface area contributed by atoms with Crippen LogP contribution in [0, 0.1) is 6.92 Å². The molecule has 2 aromatic rings. The normalized spacial score (nSPS) is 13.7. The van der Waals surface area contributed by atoms with Crippen LogP contribution in [0.15, 0.2) is 30.5 Å². The van der Waals surface area contributed by atoms with Gasteiger partial charge in [-0.25, -0.2) is 0 Å². The van der Waals surface area contributed by atoms with Gasteiger partial charge in [0, 0.05) is 43.6 Å². The molecule has 3 rings (SSSR count). The number of hydrogen-bond acceptors (Lipinski definition) is 3. The third-order valence-electron chi connectivity index (χ3n) is 4.42. The minimum Gasteiger partial charge on any atom is -0.371 e. The number of aromatic nitrogens is 2. The monoisotopic (exact) mass is 284 g/mol. The van der Waals surface area contributed by atoms with Crippen molar-refractivity contribution in [1.29, 1.82) is 0 Å². The van der Waals surface area contributed by atoms with Crippen molar-refractivity contribution >= 4 is 5.69 Å². The molecule has 4 heteroatoms. The molecule has 21 heavy (non-hydrogen) atoms. The van der Waals surface area contributed by atoms with Crippen LogP contribution in [-0.2, 0) is 20.0 Å². The molecule has 2 heterocycles. The van der Waals surface area contributed by atoms with Crippen LogP contribution in [0.3, 0.4) is 0 Å². The number of anilines is 1. The Bertz CT molecular complexity index is 603. The van der Waals surface area contributed by atoms with Gasteiger partial charge in [-0.15, -0.1) is 0 Å². The highest BCUT2D eigenvalue weighted by atomic mass is 15.3. The number of aryl methyl sites for hydroxylation is 1. The lowest BCUT2D eigenvalue weighted by Gasteiger charge is -2.19. The quantitative estimate of drug-likeness (QED) is 0.826. The molecule has 1 aromatic heterocycles. The lowest BCUT2D eigenvalue weighted by atomic mass is 10.2. The molecule has 0 atom stereocenters. The van der Waals surface area contributed by atoms with Crippen LogP contribution >= 0.6 is 0 Å². The molecule has 4 nitrogen and oxygen atoms in total. The van der Waals surface area contributed by atoms with Crippen LogP contribution in [0.5, 0.6) is 0 Å². The first-order valence-corrected chi connectivity index (χ1v) is 7.77. The Kier molecular flexibility index (Phi) is 4.25. The molecule has 0 saturated heterocycles. The maximum Gasteiger partial charge on any atom is 0.0537 e. The highest BCUT2D eigenvalue weighted by molar-refractivity contribution is 5.57. The number of para-hydroxylation sites is 1. The Labute approximate surface area is 126 Å². The molecule has 0 unspecified atom stereocenters. The fourth-order valence-corrected chi connectivity index (χ4v) is 2.97. The molecule has 0 radical (unpaired) electrons. The van der Waals surface area contributed by atoms with Crippen LogP contribution in [0.4, 0.5) is 5.69 Å². The predicted molar refractivity (Wildman–Crippen MR) is 86.6 cm³/mol. The summed E-state index contributed by atoms with van der Waals surface area (Å²) in [6.07, 6.45) is 4.32. The molecule has 112 valence electrons. The molecule has 0 fully saturated rings. The minimum atomic E-state index is 0.913. The van der Waals surface area contributed by atoms with Crippen LogP contribution in [-0.4, -0.2) is 29.4 Å². The number of nitrogens with one attached hydrogen (secondary N) is 1. The van der Waals surface area contributed by atoms with E-state index in [0.29, 0.717) is 0 Å². The van der Waals surface area contributed by atoms with Crippen molar-refractivity contribution < 1.29 is 0 Å². The first kappa shape index (κ1) is 14.1. The van der Waals surface area contributed by atoms with E-state index in [1.165, 1.54) is 41.9 Å². The van der Waals surface area contributed by atoms with Crippen molar-refractivity contribution in [2.75, 3.05) is 24.5 Å². The van der Waals surface area contributed by atoms with E-state index < -0.39 is 0 Å². The molecule has 1 N–H and O–H groups in total. The zero-order valence-corrected chi connectivity index (χ0v) is 13.0. The summed E-state index contributed by atoms with van der Waals surface area (Å²) in [4.78, 5) is 2.51. The van der Waals surface area contributed by atoms with Gasteiger partial charge in [0.2, 0.25) is 0 Å².